The minimum absolute atomic E-state index is 0.0288. The molecule has 40 heavy (non-hydrogen) atoms. The summed E-state index contributed by atoms with van der Waals surface area (Å²) in [6, 6.07) is 11.6. The molecule has 3 aromatic rings. The van der Waals surface area contributed by atoms with E-state index in [2.05, 4.69) is 15.6 Å². The molecule has 0 radical (unpaired) electrons. The van der Waals surface area contributed by atoms with Crippen LogP contribution in [0.25, 0.3) is 10.9 Å². The highest BCUT2D eigenvalue weighted by Crippen LogP contribution is 2.25. The number of aromatic hydroxyl groups is 2. The number of nitrogens with two attached hydrogens (primary N) is 3. The van der Waals surface area contributed by atoms with E-state index >= 15 is 0 Å². The van der Waals surface area contributed by atoms with Gasteiger partial charge >= 0.3 is 0 Å². The number of rotatable bonds is 14. The van der Waals surface area contributed by atoms with E-state index in [0.29, 0.717) is 43.9 Å². The number of phenolic OH excluding ortho intramolecular Hbond substituents is 2. The molecule has 214 valence electrons. The summed E-state index contributed by atoms with van der Waals surface area (Å²) in [5.41, 5.74) is 19.1. The van der Waals surface area contributed by atoms with Gasteiger partial charge in [0, 0.05) is 38.0 Å². The molecule has 0 aliphatic rings. The number of aryl methyl sites for hydroxylation is 1. The number of hydrogen-bond acceptors (Lipinski definition) is 9. The molecule has 0 unspecified atom stereocenters. The second-order valence-electron chi connectivity index (χ2n) is 9.43. The molecule has 0 saturated heterocycles. The Hall–Kier alpha value is -4.26. The number of hydrogen-bond donors (Lipinski definition) is 7. The van der Waals surface area contributed by atoms with Gasteiger partial charge in [0.05, 0.1) is 23.4 Å². The Morgan fingerprint density at radius 3 is 2.35 bits per heavy atom. The van der Waals surface area contributed by atoms with Gasteiger partial charge in [0.15, 0.2) is 11.5 Å². The van der Waals surface area contributed by atoms with E-state index in [-0.39, 0.29) is 36.7 Å². The largest absolute Gasteiger partial charge is 0.504 e. The zero-order valence-corrected chi connectivity index (χ0v) is 22.3. The van der Waals surface area contributed by atoms with Crippen molar-refractivity contribution in [1.82, 2.24) is 15.2 Å². The zero-order chi connectivity index (χ0) is 29.1. The first-order chi connectivity index (χ1) is 19.2. The maximum absolute atomic E-state index is 13.3. The van der Waals surface area contributed by atoms with Crippen LogP contribution in [-0.4, -0.2) is 76.1 Å². The SMILES string of the molecule is NCCN(CCN)C(=O)CC[C@H](N)C(=O)N[C@H](CCc1ccc(O)c(O)c1)C(=O)Nc1cnc2ccccc2c1. The molecule has 3 amide bonds. The maximum Gasteiger partial charge on any atom is 0.247 e. The average Bonchev–Trinajstić information content (AvgIpc) is 2.95. The molecule has 2 aromatic carbocycles. The van der Waals surface area contributed by atoms with E-state index in [9.17, 15) is 24.6 Å². The smallest absolute Gasteiger partial charge is 0.247 e. The molecule has 0 aliphatic heterocycles. The molecule has 0 spiro atoms. The number of phenols is 2. The van der Waals surface area contributed by atoms with E-state index in [4.69, 9.17) is 17.2 Å². The normalized spacial score (nSPS) is 12.5. The summed E-state index contributed by atoms with van der Waals surface area (Å²) in [6.45, 7) is 1.30. The third-order valence-corrected chi connectivity index (χ3v) is 6.41. The highest BCUT2D eigenvalue weighted by atomic mass is 16.3. The number of para-hydroxylation sites is 1. The number of carbonyl (C=O) groups is 3. The van der Waals surface area contributed by atoms with Gasteiger partial charge in [-0.25, -0.2) is 0 Å². The molecule has 0 bridgehead atoms. The van der Waals surface area contributed by atoms with Gasteiger partial charge in [-0.2, -0.15) is 0 Å². The van der Waals surface area contributed by atoms with Crippen LogP contribution in [0.5, 0.6) is 11.5 Å². The summed E-state index contributed by atoms with van der Waals surface area (Å²) in [5, 5.41) is 25.7. The molecule has 0 aliphatic carbocycles. The number of amides is 3. The summed E-state index contributed by atoms with van der Waals surface area (Å²) in [6.07, 6.45) is 2.12. The summed E-state index contributed by atoms with van der Waals surface area (Å²) < 4.78 is 0. The molecule has 3 rings (SSSR count). The van der Waals surface area contributed by atoms with Gasteiger partial charge < -0.3 is 42.9 Å². The Morgan fingerprint density at radius 1 is 0.925 bits per heavy atom. The topological polar surface area (TPSA) is 210 Å². The van der Waals surface area contributed by atoms with Crippen LogP contribution in [0.15, 0.2) is 54.7 Å². The highest BCUT2D eigenvalue weighted by Gasteiger charge is 2.25. The predicted octanol–water partition coefficient (Wildman–Crippen LogP) is 0.556. The lowest BCUT2D eigenvalue weighted by Crippen LogP contribution is -2.50. The van der Waals surface area contributed by atoms with Crippen LogP contribution in [0.1, 0.15) is 24.8 Å². The van der Waals surface area contributed by atoms with Crippen molar-refractivity contribution in [2.45, 2.75) is 37.8 Å². The van der Waals surface area contributed by atoms with Crippen molar-refractivity contribution >= 4 is 34.3 Å². The fourth-order valence-corrected chi connectivity index (χ4v) is 4.19. The molecule has 0 saturated carbocycles. The van der Waals surface area contributed by atoms with E-state index in [1.807, 2.05) is 24.3 Å². The van der Waals surface area contributed by atoms with Crippen LogP contribution in [0.2, 0.25) is 0 Å². The van der Waals surface area contributed by atoms with E-state index in [1.165, 1.54) is 23.2 Å². The molecule has 12 nitrogen and oxygen atoms in total. The highest BCUT2D eigenvalue weighted by molar-refractivity contribution is 5.99. The maximum atomic E-state index is 13.3. The first-order valence-corrected chi connectivity index (χ1v) is 13.1. The molecule has 1 heterocycles. The zero-order valence-electron chi connectivity index (χ0n) is 22.3. The number of nitrogens with zero attached hydrogens (tertiary/aromatic N) is 2. The van der Waals surface area contributed by atoms with Crippen molar-refractivity contribution in [3.05, 3.63) is 60.3 Å². The Labute approximate surface area is 232 Å². The number of carbonyl (C=O) groups excluding carboxylic acids is 3. The minimum atomic E-state index is -1.03. The lowest BCUT2D eigenvalue weighted by atomic mass is 10.0. The third-order valence-electron chi connectivity index (χ3n) is 6.41. The fourth-order valence-electron chi connectivity index (χ4n) is 4.19. The molecule has 10 N–H and O–H groups in total. The van der Waals surface area contributed by atoms with Crippen molar-refractivity contribution < 1.29 is 24.6 Å². The quantitative estimate of drug-likeness (QED) is 0.139. The van der Waals surface area contributed by atoms with E-state index in [1.54, 1.807) is 12.1 Å². The first kappa shape index (κ1) is 30.3. The van der Waals surface area contributed by atoms with Crippen LogP contribution in [0.4, 0.5) is 5.69 Å². The molecular weight excluding hydrogens is 514 g/mol. The number of benzene rings is 2. The second kappa shape index (κ2) is 14.8. The second-order valence-corrected chi connectivity index (χ2v) is 9.43. The lowest BCUT2D eigenvalue weighted by molar-refractivity contribution is -0.132. The van der Waals surface area contributed by atoms with Crippen molar-refractivity contribution in [3.8, 4) is 11.5 Å². The van der Waals surface area contributed by atoms with Gasteiger partial charge in [0.1, 0.15) is 6.04 Å². The van der Waals surface area contributed by atoms with Crippen molar-refractivity contribution in [2.75, 3.05) is 31.5 Å². The van der Waals surface area contributed by atoms with Crippen LogP contribution in [0.3, 0.4) is 0 Å². The Bertz CT molecular complexity index is 1310. The monoisotopic (exact) mass is 551 g/mol. The third kappa shape index (κ3) is 8.63. The molecule has 12 heteroatoms. The summed E-state index contributed by atoms with van der Waals surface area (Å²) >= 11 is 0. The molecule has 1 aromatic heterocycles. The van der Waals surface area contributed by atoms with Crippen LogP contribution in [-0.2, 0) is 20.8 Å². The molecular formula is C28H37N7O5. The van der Waals surface area contributed by atoms with Gasteiger partial charge in [0.25, 0.3) is 0 Å². The molecule has 2 atom stereocenters. The number of anilines is 1. The average molecular weight is 552 g/mol. The van der Waals surface area contributed by atoms with Gasteiger partial charge in [-0.3, -0.25) is 19.4 Å². The van der Waals surface area contributed by atoms with E-state index < -0.39 is 23.9 Å². The fraction of sp³-hybridized carbons (Fsp3) is 0.357. The summed E-state index contributed by atoms with van der Waals surface area (Å²) in [5.74, 6) is -1.80. The Balaban J connectivity index is 1.69. The summed E-state index contributed by atoms with van der Waals surface area (Å²) in [7, 11) is 0. The van der Waals surface area contributed by atoms with Gasteiger partial charge in [0.2, 0.25) is 17.7 Å². The Kier molecular flexibility index (Phi) is 11.2. The standard InChI is InChI=1S/C28H37N7O5/c29-11-13-35(14-12-30)26(38)10-7-21(31)27(39)34-23(8-5-18-6-9-24(36)25(37)15-18)28(40)33-20-16-19-3-1-2-4-22(19)32-17-20/h1-4,6,9,15-17,21,23,36-37H,5,7-8,10-14,29-31H2,(H,33,40)(H,34,39)/t21-,23+/m0/s1. The van der Waals surface area contributed by atoms with Crippen molar-refractivity contribution in [1.29, 1.82) is 0 Å². The van der Waals surface area contributed by atoms with Gasteiger partial charge in [-0.15, -0.1) is 0 Å². The Morgan fingerprint density at radius 2 is 1.65 bits per heavy atom. The molecule has 0 fully saturated rings. The van der Waals surface area contributed by atoms with Crippen LogP contribution in [0, 0.1) is 0 Å². The van der Waals surface area contributed by atoms with E-state index in [0.717, 1.165) is 10.9 Å². The minimum Gasteiger partial charge on any atom is -0.504 e. The lowest BCUT2D eigenvalue weighted by Gasteiger charge is -2.23. The predicted molar refractivity (Wildman–Crippen MR) is 152 cm³/mol. The van der Waals surface area contributed by atoms with Crippen LogP contribution < -0.4 is 27.8 Å². The van der Waals surface area contributed by atoms with Gasteiger partial charge in [-0.1, -0.05) is 24.3 Å². The van der Waals surface area contributed by atoms with Crippen LogP contribution >= 0.6 is 0 Å². The summed E-state index contributed by atoms with van der Waals surface area (Å²) in [4.78, 5) is 44.6. The number of fused-ring (bicyclic) bond motifs is 1. The number of aromatic nitrogens is 1. The van der Waals surface area contributed by atoms with Crippen molar-refractivity contribution in [3.63, 3.8) is 0 Å². The van der Waals surface area contributed by atoms with Gasteiger partial charge in [-0.05, 0) is 49.1 Å². The first-order valence-electron chi connectivity index (χ1n) is 13.1. The number of pyridine rings is 1. The number of nitrogens with one attached hydrogen (secondary N) is 2. The van der Waals surface area contributed by atoms with Crippen molar-refractivity contribution in [2.24, 2.45) is 17.2 Å².